The van der Waals surface area contributed by atoms with Gasteiger partial charge in [-0.3, -0.25) is 4.79 Å². The molecule has 0 aliphatic carbocycles. The number of nitrogens with zero attached hydrogens (tertiary/aromatic N) is 1. The zero-order chi connectivity index (χ0) is 11.8. The summed E-state index contributed by atoms with van der Waals surface area (Å²) in [4.78, 5) is 19.6. The fraction of sp³-hybridized carbons (Fsp3) is 0.0909. The van der Waals surface area contributed by atoms with Gasteiger partial charge in [0.2, 0.25) is 0 Å². The Morgan fingerprint density at radius 1 is 1.53 bits per heavy atom. The molecule has 3 aromatic rings. The van der Waals surface area contributed by atoms with Crippen molar-refractivity contribution in [3.8, 4) is 11.1 Å². The van der Waals surface area contributed by atoms with Gasteiger partial charge in [-0.05, 0) is 6.07 Å². The number of alkyl halides is 1. The quantitative estimate of drug-likeness (QED) is 0.726. The van der Waals surface area contributed by atoms with Crippen molar-refractivity contribution in [1.29, 1.82) is 0 Å². The van der Waals surface area contributed by atoms with E-state index in [-0.39, 0.29) is 11.4 Å². The van der Waals surface area contributed by atoms with Crippen molar-refractivity contribution in [3.05, 3.63) is 40.2 Å². The molecule has 86 valence electrons. The summed E-state index contributed by atoms with van der Waals surface area (Å²) in [5.74, 6) is 0.689. The SMILES string of the molecule is O=c1[nH]c(CCl)nc2scc(-c3ccoc3)c12. The van der Waals surface area contributed by atoms with Crippen LogP contribution in [0.15, 0.2) is 33.2 Å². The van der Waals surface area contributed by atoms with E-state index in [1.54, 1.807) is 12.5 Å². The average molecular weight is 267 g/mol. The number of hydrogen-bond donors (Lipinski definition) is 1. The molecule has 0 saturated carbocycles. The fourth-order valence-corrected chi connectivity index (χ4v) is 2.78. The van der Waals surface area contributed by atoms with Gasteiger partial charge in [-0.15, -0.1) is 22.9 Å². The summed E-state index contributed by atoms with van der Waals surface area (Å²) in [6.07, 6.45) is 3.18. The van der Waals surface area contributed by atoms with Gasteiger partial charge in [0.15, 0.2) is 0 Å². The number of aromatic amines is 1. The van der Waals surface area contributed by atoms with Crippen molar-refractivity contribution >= 4 is 33.2 Å². The van der Waals surface area contributed by atoms with E-state index in [1.165, 1.54) is 11.3 Å². The molecule has 0 fully saturated rings. The third kappa shape index (κ3) is 1.67. The maximum absolute atomic E-state index is 12.0. The van der Waals surface area contributed by atoms with Crippen LogP contribution < -0.4 is 5.56 Å². The molecule has 0 atom stereocenters. The lowest BCUT2D eigenvalue weighted by molar-refractivity contribution is 0.568. The number of fused-ring (bicyclic) bond motifs is 1. The largest absolute Gasteiger partial charge is 0.472 e. The number of halogens is 1. The first kappa shape index (κ1) is 10.6. The first-order valence-electron chi connectivity index (χ1n) is 4.88. The van der Waals surface area contributed by atoms with Crippen LogP contribution in [0.25, 0.3) is 21.3 Å². The summed E-state index contributed by atoms with van der Waals surface area (Å²) in [5, 5.41) is 2.49. The number of aromatic nitrogens is 2. The summed E-state index contributed by atoms with van der Waals surface area (Å²) in [6.45, 7) is 0. The average Bonchev–Trinajstić information content (AvgIpc) is 2.96. The molecule has 0 spiro atoms. The lowest BCUT2D eigenvalue weighted by atomic mass is 10.1. The van der Waals surface area contributed by atoms with E-state index in [0.29, 0.717) is 16.0 Å². The van der Waals surface area contributed by atoms with Gasteiger partial charge >= 0.3 is 0 Å². The Balaban J connectivity index is 2.33. The van der Waals surface area contributed by atoms with Gasteiger partial charge in [0.1, 0.15) is 10.7 Å². The van der Waals surface area contributed by atoms with Crippen molar-refractivity contribution in [2.75, 3.05) is 0 Å². The number of furan rings is 1. The standard InChI is InChI=1S/C11H7ClN2O2S/c12-3-8-13-10(15)9-7(5-17-11(9)14-8)6-1-2-16-4-6/h1-2,4-5H,3H2,(H,13,14,15). The van der Waals surface area contributed by atoms with Gasteiger partial charge in [-0.2, -0.15) is 0 Å². The molecule has 3 aromatic heterocycles. The summed E-state index contributed by atoms with van der Waals surface area (Å²) < 4.78 is 5.02. The molecule has 0 amide bonds. The minimum Gasteiger partial charge on any atom is -0.472 e. The van der Waals surface area contributed by atoms with Crippen LogP contribution in [0.5, 0.6) is 0 Å². The molecule has 17 heavy (non-hydrogen) atoms. The highest BCUT2D eigenvalue weighted by atomic mass is 35.5. The van der Waals surface area contributed by atoms with Crippen LogP contribution in [0.3, 0.4) is 0 Å². The Morgan fingerprint density at radius 2 is 2.41 bits per heavy atom. The van der Waals surface area contributed by atoms with Crippen molar-refractivity contribution in [2.24, 2.45) is 0 Å². The van der Waals surface area contributed by atoms with E-state index >= 15 is 0 Å². The summed E-state index contributed by atoms with van der Waals surface area (Å²) >= 11 is 7.09. The maximum Gasteiger partial charge on any atom is 0.260 e. The van der Waals surface area contributed by atoms with Crippen molar-refractivity contribution in [1.82, 2.24) is 9.97 Å². The van der Waals surface area contributed by atoms with Crippen LogP contribution in [-0.2, 0) is 5.88 Å². The third-order valence-electron chi connectivity index (χ3n) is 2.45. The lowest BCUT2D eigenvalue weighted by Gasteiger charge is -1.96. The zero-order valence-corrected chi connectivity index (χ0v) is 10.1. The molecule has 0 aliphatic rings. The Bertz CT molecular complexity index is 715. The molecule has 3 rings (SSSR count). The van der Waals surface area contributed by atoms with E-state index in [4.69, 9.17) is 16.0 Å². The van der Waals surface area contributed by atoms with Crippen LogP contribution >= 0.6 is 22.9 Å². The minimum absolute atomic E-state index is 0.164. The Morgan fingerprint density at radius 3 is 3.12 bits per heavy atom. The molecule has 1 N–H and O–H groups in total. The van der Waals surface area contributed by atoms with E-state index in [0.717, 1.165) is 11.1 Å². The predicted octanol–water partition coefficient (Wildman–Crippen LogP) is 2.98. The molecule has 0 radical (unpaired) electrons. The molecule has 4 nitrogen and oxygen atoms in total. The van der Waals surface area contributed by atoms with Gasteiger partial charge < -0.3 is 9.40 Å². The second-order valence-corrected chi connectivity index (χ2v) is 4.61. The molecule has 0 aliphatic heterocycles. The summed E-state index contributed by atoms with van der Waals surface area (Å²) in [5.41, 5.74) is 1.55. The van der Waals surface area contributed by atoms with E-state index in [1.807, 2.05) is 11.4 Å². The second kappa shape index (κ2) is 4.01. The number of H-pyrrole nitrogens is 1. The van der Waals surface area contributed by atoms with Gasteiger partial charge in [0.25, 0.3) is 5.56 Å². The smallest absolute Gasteiger partial charge is 0.260 e. The molecule has 0 saturated heterocycles. The van der Waals surface area contributed by atoms with E-state index in [2.05, 4.69) is 9.97 Å². The monoisotopic (exact) mass is 266 g/mol. The van der Waals surface area contributed by atoms with Gasteiger partial charge in [-0.25, -0.2) is 4.98 Å². The van der Waals surface area contributed by atoms with Crippen LogP contribution in [0.2, 0.25) is 0 Å². The highest BCUT2D eigenvalue weighted by molar-refractivity contribution is 7.17. The van der Waals surface area contributed by atoms with E-state index in [9.17, 15) is 4.79 Å². The minimum atomic E-state index is -0.164. The molecule has 3 heterocycles. The predicted molar refractivity (Wildman–Crippen MR) is 67.5 cm³/mol. The summed E-state index contributed by atoms with van der Waals surface area (Å²) in [7, 11) is 0. The highest BCUT2D eigenvalue weighted by Gasteiger charge is 2.13. The maximum atomic E-state index is 12.0. The number of nitrogens with one attached hydrogen (secondary N) is 1. The van der Waals surface area contributed by atoms with Gasteiger partial charge in [0.05, 0.1) is 23.8 Å². The molecular formula is C11H7ClN2O2S. The normalized spacial score (nSPS) is 11.1. The number of rotatable bonds is 2. The Labute approximate surface area is 105 Å². The molecule has 0 aromatic carbocycles. The van der Waals surface area contributed by atoms with Crippen LogP contribution in [0.4, 0.5) is 0 Å². The fourth-order valence-electron chi connectivity index (χ4n) is 1.69. The molecule has 0 unspecified atom stereocenters. The van der Waals surface area contributed by atoms with Crippen molar-refractivity contribution < 1.29 is 4.42 Å². The summed E-state index contributed by atoms with van der Waals surface area (Å²) in [6, 6.07) is 1.82. The van der Waals surface area contributed by atoms with Crippen LogP contribution in [-0.4, -0.2) is 9.97 Å². The van der Waals surface area contributed by atoms with Crippen LogP contribution in [0.1, 0.15) is 5.82 Å². The second-order valence-electron chi connectivity index (χ2n) is 3.49. The third-order valence-corrected chi connectivity index (χ3v) is 3.58. The topological polar surface area (TPSA) is 58.9 Å². The first-order valence-corrected chi connectivity index (χ1v) is 6.30. The zero-order valence-electron chi connectivity index (χ0n) is 8.57. The van der Waals surface area contributed by atoms with Crippen molar-refractivity contribution in [3.63, 3.8) is 0 Å². The van der Waals surface area contributed by atoms with Crippen molar-refractivity contribution in [2.45, 2.75) is 5.88 Å². The van der Waals surface area contributed by atoms with Gasteiger partial charge in [-0.1, -0.05) is 0 Å². The number of hydrogen-bond acceptors (Lipinski definition) is 4. The lowest BCUT2D eigenvalue weighted by Crippen LogP contribution is -2.10. The number of thiophene rings is 1. The van der Waals surface area contributed by atoms with Crippen LogP contribution in [0, 0.1) is 0 Å². The molecule has 6 heteroatoms. The highest BCUT2D eigenvalue weighted by Crippen LogP contribution is 2.30. The first-order chi connectivity index (χ1) is 8.29. The Kier molecular flexibility index (Phi) is 2.49. The molecule has 0 bridgehead atoms. The Hall–Kier alpha value is -1.59. The van der Waals surface area contributed by atoms with E-state index < -0.39 is 0 Å². The molecular weight excluding hydrogens is 260 g/mol. The van der Waals surface area contributed by atoms with Gasteiger partial charge in [0, 0.05) is 16.5 Å².